The Hall–Kier alpha value is -2.31. The molecular weight excluding hydrogens is 406 g/mol. The summed E-state index contributed by atoms with van der Waals surface area (Å²) in [5.41, 5.74) is 5.28. The normalized spacial score (nSPS) is 16.6. The third-order valence-electron chi connectivity index (χ3n) is 4.31. The van der Waals surface area contributed by atoms with Crippen LogP contribution in [0.25, 0.3) is 11.2 Å². The Bertz CT molecular complexity index is 857. The first-order valence-electron chi connectivity index (χ1n) is 8.60. The molecule has 0 unspecified atom stereocenters. The maximum Gasteiger partial charge on any atom is 0.391 e. The molecule has 1 fully saturated rings. The van der Waals surface area contributed by atoms with Crippen LogP contribution in [0.1, 0.15) is 25.7 Å². The van der Waals surface area contributed by atoms with Gasteiger partial charge in [-0.3, -0.25) is 0 Å². The highest BCUT2D eigenvalue weighted by Gasteiger charge is 2.50. The Morgan fingerprint density at radius 3 is 2.21 bits per heavy atom. The third kappa shape index (κ3) is 5.40. The Kier molecular flexibility index (Phi) is 5.30. The number of aromatic nitrogens is 4. The van der Waals surface area contributed by atoms with Gasteiger partial charge in [0, 0.05) is 14.1 Å². The predicted octanol–water partition coefficient (Wildman–Crippen LogP) is 3.46. The first-order valence-corrected chi connectivity index (χ1v) is 8.60. The van der Waals surface area contributed by atoms with Gasteiger partial charge in [-0.1, -0.05) is 0 Å². The highest BCUT2D eigenvalue weighted by Crippen LogP contribution is 2.47. The van der Waals surface area contributed by atoms with E-state index in [1.165, 1.54) is 10.9 Å². The second kappa shape index (κ2) is 7.18. The number of hydrogen-bond acceptors (Lipinski definition) is 6. The van der Waals surface area contributed by atoms with E-state index >= 15 is 0 Å². The molecule has 3 rings (SSSR count). The number of imidazole rings is 1. The second-order valence-corrected chi connectivity index (χ2v) is 7.25. The molecule has 0 aliphatic heterocycles. The van der Waals surface area contributed by atoms with E-state index in [-0.39, 0.29) is 12.5 Å². The first kappa shape index (κ1) is 21.4. The fraction of sp³-hybridized carbons (Fsp3) is 0.625. The minimum Gasteiger partial charge on any atom is -0.368 e. The number of nitrogen functional groups attached to an aromatic ring is 1. The number of ether oxygens (including phenoxy) is 1. The average molecular weight is 425 g/mol. The Morgan fingerprint density at radius 2 is 1.72 bits per heavy atom. The molecule has 0 spiro atoms. The number of alkyl halides is 6. The van der Waals surface area contributed by atoms with Gasteiger partial charge in [0.2, 0.25) is 5.95 Å². The van der Waals surface area contributed by atoms with Crippen LogP contribution in [0.3, 0.4) is 0 Å². The minimum absolute atomic E-state index is 0.00790. The van der Waals surface area contributed by atoms with Gasteiger partial charge in [0.15, 0.2) is 17.0 Å². The number of nitrogens with two attached hydrogens (primary N) is 1. The van der Waals surface area contributed by atoms with Crippen molar-refractivity contribution in [3.8, 4) is 0 Å². The molecule has 0 atom stereocenters. The Morgan fingerprint density at radius 1 is 1.14 bits per heavy atom. The Labute approximate surface area is 161 Å². The Balaban J connectivity index is 1.84. The number of nitrogens with zero attached hydrogens (tertiary/aromatic N) is 5. The van der Waals surface area contributed by atoms with E-state index in [4.69, 9.17) is 10.5 Å². The summed E-state index contributed by atoms with van der Waals surface area (Å²) in [6.45, 7) is -0.00790. The van der Waals surface area contributed by atoms with Gasteiger partial charge >= 0.3 is 12.4 Å². The molecule has 0 amide bonds. The zero-order valence-electron chi connectivity index (χ0n) is 15.6. The molecule has 0 saturated heterocycles. The summed E-state index contributed by atoms with van der Waals surface area (Å²) >= 11 is 0. The van der Waals surface area contributed by atoms with Crippen LogP contribution in [-0.2, 0) is 11.3 Å². The quantitative estimate of drug-likeness (QED) is 0.685. The van der Waals surface area contributed by atoms with Crippen molar-refractivity contribution in [3.05, 3.63) is 12.4 Å². The molecule has 1 aliphatic rings. The lowest BCUT2D eigenvalue weighted by Crippen LogP contribution is -2.29. The van der Waals surface area contributed by atoms with Gasteiger partial charge in [0.25, 0.3) is 0 Å². The van der Waals surface area contributed by atoms with Gasteiger partial charge in [-0.05, 0) is 12.8 Å². The molecular formula is C16H19F6N6O. The van der Waals surface area contributed by atoms with Crippen LogP contribution < -0.4 is 10.6 Å². The molecule has 0 aromatic carbocycles. The molecule has 29 heavy (non-hydrogen) atoms. The van der Waals surface area contributed by atoms with E-state index in [0.29, 0.717) is 29.8 Å². The van der Waals surface area contributed by atoms with Gasteiger partial charge < -0.3 is 19.9 Å². The lowest BCUT2D eigenvalue weighted by molar-refractivity contribution is -0.177. The molecule has 1 aliphatic carbocycles. The highest BCUT2D eigenvalue weighted by atomic mass is 19.4. The first-order chi connectivity index (χ1) is 13.3. The molecule has 7 nitrogen and oxygen atoms in total. The summed E-state index contributed by atoms with van der Waals surface area (Å²) in [7, 11) is 3.45. The van der Waals surface area contributed by atoms with Crippen molar-refractivity contribution in [2.24, 2.45) is 0 Å². The van der Waals surface area contributed by atoms with Gasteiger partial charge in [-0.25, -0.2) is 4.98 Å². The predicted molar refractivity (Wildman–Crippen MR) is 91.7 cm³/mol. The van der Waals surface area contributed by atoms with Crippen LogP contribution in [0, 0.1) is 6.10 Å². The molecule has 161 valence electrons. The molecule has 1 saturated carbocycles. The van der Waals surface area contributed by atoms with E-state index in [0.717, 1.165) is 0 Å². The highest BCUT2D eigenvalue weighted by molar-refractivity contribution is 5.84. The third-order valence-corrected chi connectivity index (χ3v) is 4.31. The second-order valence-electron chi connectivity index (χ2n) is 7.25. The van der Waals surface area contributed by atoms with E-state index in [2.05, 4.69) is 15.0 Å². The van der Waals surface area contributed by atoms with Crippen LogP contribution >= 0.6 is 0 Å². The van der Waals surface area contributed by atoms with Gasteiger partial charge in [0.1, 0.15) is 6.10 Å². The number of anilines is 2. The van der Waals surface area contributed by atoms with Gasteiger partial charge in [0.05, 0.1) is 31.3 Å². The van der Waals surface area contributed by atoms with Gasteiger partial charge in [-0.15, -0.1) is 0 Å². The average Bonchev–Trinajstić information content (AvgIpc) is 3.15. The largest absolute Gasteiger partial charge is 0.391 e. The summed E-state index contributed by atoms with van der Waals surface area (Å²) in [5.74, 6) is 0.411. The maximum atomic E-state index is 12.7. The fourth-order valence-corrected chi connectivity index (χ4v) is 3.00. The monoisotopic (exact) mass is 425 g/mol. The number of hydrogen-bond donors (Lipinski definition) is 1. The fourth-order valence-electron chi connectivity index (χ4n) is 3.00. The van der Waals surface area contributed by atoms with Crippen molar-refractivity contribution in [1.82, 2.24) is 19.5 Å². The molecule has 2 heterocycles. The maximum absolute atomic E-state index is 12.7. The molecule has 13 heteroatoms. The standard InChI is InChI=1S/C16H19F6N6O/c1-27(2)11-10-12(26-13(23)25-11)28(8-24-10)7-14(3-4-14)29-9(5-15(17,18)19)6-16(20,21)22/h8H,3-7H2,1-2H3,(H2,23,25,26). The van der Waals surface area contributed by atoms with Crippen LogP contribution in [0.4, 0.5) is 38.1 Å². The summed E-state index contributed by atoms with van der Waals surface area (Å²) in [6, 6.07) is 0. The lowest BCUT2D eigenvalue weighted by atomic mass is 10.1. The van der Waals surface area contributed by atoms with Crippen LogP contribution in [0.5, 0.6) is 0 Å². The zero-order valence-corrected chi connectivity index (χ0v) is 15.6. The summed E-state index contributed by atoms with van der Waals surface area (Å²) in [6.07, 6.45) is -12.1. The van der Waals surface area contributed by atoms with E-state index < -0.39 is 36.9 Å². The van der Waals surface area contributed by atoms with Crippen LogP contribution in [0.15, 0.2) is 6.33 Å². The molecule has 0 bridgehead atoms. The molecule has 2 aromatic heterocycles. The molecule has 1 radical (unpaired) electrons. The molecule has 2 N–H and O–H groups in total. The topological polar surface area (TPSA) is 82.1 Å². The number of halogens is 6. The van der Waals surface area contributed by atoms with Crippen molar-refractivity contribution in [2.75, 3.05) is 24.7 Å². The van der Waals surface area contributed by atoms with Crippen LogP contribution in [0.2, 0.25) is 0 Å². The van der Waals surface area contributed by atoms with Crippen molar-refractivity contribution in [1.29, 1.82) is 0 Å². The van der Waals surface area contributed by atoms with E-state index in [1.54, 1.807) is 19.0 Å². The van der Waals surface area contributed by atoms with Crippen molar-refractivity contribution >= 4 is 22.9 Å². The van der Waals surface area contributed by atoms with Crippen molar-refractivity contribution < 1.29 is 31.1 Å². The van der Waals surface area contributed by atoms with Crippen molar-refractivity contribution in [2.45, 2.75) is 50.2 Å². The zero-order chi connectivity index (χ0) is 21.6. The van der Waals surface area contributed by atoms with Crippen molar-refractivity contribution in [3.63, 3.8) is 0 Å². The van der Waals surface area contributed by atoms with E-state index in [9.17, 15) is 26.3 Å². The summed E-state index contributed by atoms with van der Waals surface area (Å²) in [4.78, 5) is 14.1. The minimum atomic E-state index is -4.80. The summed E-state index contributed by atoms with van der Waals surface area (Å²) < 4.78 is 83.0. The summed E-state index contributed by atoms with van der Waals surface area (Å²) in [5, 5.41) is 0. The molecule has 2 aromatic rings. The van der Waals surface area contributed by atoms with Crippen LogP contribution in [-0.4, -0.2) is 51.6 Å². The lowest BCUT2D eigenvalue weighted by Gasteiger charge is -2.26. The number of rotatable bonds is 7. The SMILES string of the molecule is CN(C)c1nc(N)nc2c1ncn2CC1(O[C](CC(F)(F)F)CC(F)(F)F)CC1. The number of fused-ring (bicyclic) bond motifs is 1. The van der Waals surface area contributed by atoms with Gasteiger partial charge in [-0.2, -0.15) is 36.3 Å². The smallest absolute Gasteiger partial charge is 0.368 e. The van der Waals surface area contributed by atoms with E-state index in [1.807, 2.05) is 0 Å².